The first kappa shape index (κ1) is 10.5. The highest BCUT2D eigenvalue weighted by Gasteiger charge is 2.11. The van der Waals surface area contributed by atoms with E-state index in [2.05, 4.69) is 16.2 Å². The number of hydrogen-bond acceptors (Lipinski definition) is 3. The van der Waals surface area contributed by atoms with Crippen molar-refractivity contribution in [3.05, 3.63) is 0 Å². The normalized spacial score (nSPS) is 18.5. The molecule has 0 aromatic carbocycles. The van der Waals surface area contributed by atoms with E-state index in [-0.39, 0.29) is 0 Å². The molecule has 0 aliphatic heterocycles. The minimum Gasteiger partial charge on any atom is -0.357 e. The van der Waals surface area contributed by atoms with Crippen molar-refractivity contribution in [3.63, 3.8) is 0 Å². The Balaban J connectivity index is 1.89. The standard InChI is InChI=1S/C9H19N3O/c13-8-10-6-7-11-12-9-4-2-1-3-5-9/h8-9,11-12H,1-7H2,(H,10,13). The van der Waals surface area contributed by atoms with Crippen LogP contribution in [0.2, 0.25) is 0 Å². The molecule has 4 heteroatoms. The third-order valence-corrected chi connectivity index (χ3v) is 2.39. The Morgan fingerprint density at radius 3 is 2.62 bits per heavy atom. The SMILES string of the molecule is O=CNCCNNC1CCCCC1. The quantitative estimate of drug-likeness (QED) is 0.314. The van der Waals surface area contributed by atoms with Gasteiger partial charge < -0.3 is 5.32 Å². The maximum atomic E-state index is 9.91. The van der Waals surface area contributed by atoms with Gasteiger partial charge in [0.05, 0.1) is 0 Å². The van der Waals surface area contributed by atoms with Gasteiger partial charge in [0.25, 0.3) is 0 Å². The fourth-order valence-electron chi connectivity index (χ4n) is 1.66. The molecule has 0 unspecified atom stereocenters. The zero-order valence-electron chi connectivity index (χ0n) is 8.01. The summed E-state index contributed by atoms with van der Waals surface area (Å²) in [5, 5.41) is 2.60. The molecule has 0 spiro atoms. The molecule has 1 rings (SSSR count). The molecule has 13 heavy (non-hydrogen) atoms. The number of hydrogen-bond donors (Lipinski definition) is 3. The molecule has 0 aromatic rings. The van der Waals surface area contributed by atoms with Crippen LogP contribution < -0.4 is 16.2 Å². The van der Waals surface area contributed by atoms with Crippen LogP contribution in [0.25, 0.3) is 0 Å². The summed E-state index contributed by atoms with van der Waals surface area (Å²) in [6, 6.07) is 0.630. The summed E-state index contributed by atoms with van der Waals surface area (Å²) in [7, 11) is 0. The molecular weight excluding hydrogens is 166 g/mol. The average molecular weight is 185 g/mol. The highest BCUT2D eigenvalue weighted by molar-refractivity contribution is 5.45. The number of carbonyl (C=O) groups excluding carboxylic acids is 1. The highest BCUT2D eigenvalue weighted by Crippen LogP contribution is 2.16. The second-order valence-electron chi connectivity index (χ2n) is 3.48. The summed E-state index contributed by atoms with van der Waals surface area (Å²) in [6.07, 6.45) is 7.33. The molecule has 1 aliphatic carbocycles. The van der Waals surface area contributed by atoms with Crippen molar-refractivity contribution in [1.82, 2.24) is 16.2 Å². The van der Waals surface area contributed by atoms with Gasteiger partial charge >= 0.3 is 0 Å². The van der Waals surface area contributed by atoms with E-state index >= 15 is 0 Å². The van der Waals surface area contributed by atoms with Crippen LogP contribution in [0.5, 0.6) is 0 Å². The van der Waals surface area contributed by atoms with E-state index in [1.54, 1.807) is 0 Å². The zero-order chi connectivity index (χ0) is 9.36. The van der Waals surface area contributed by atoms with E-state index in [0.717, 1.165) is 13.0 Å². The molecule has 1 saturated carbocycles. The average Bonchev–Trinajstić information content (AvgIpc) is 2.19. The summed E-state index contributed by atoms with van der Waals surface area (Å²) in [5.41, 5.74) is 6.39. The van der Waals surface area contributed by atoms with Crippen molar-refractivity contribution in [3.8, 4) is 0 Å². The Morgan fingerprint density at radius 1 is 1.15 bits per heavy atom. The lowest BCUT2D eigenvalue weighted by Gasteiger charge is -2.23. The fourth-order valence-corrected chi connectivity index (χ4v) is 1.66. The van der Waals surface area contributed by atoms with Gasteiger partial charge in [-0.1, -0.05) is 19.3 Å². The first-order chi connectivity index (χ1) is 6.43. The van der Waals surface area contributed by atoms with Gasteiger partial charge in [-0.25, -0.2) is 0 Å². The summed E-state index contributed by atoms with van der Waals surface area (Å²) in [4.78, 5) is 9.91. The van der Waals surface area contributed by atoms with E-state index in [1.165, 1.54) is 32.1 Å². The van der Waals surface area contributed by atoms with Crippen molar-refractivity contribution in [2.75, 3.05) is 13.1 Å². The third kappa shape index (κ3) is 4.85. The van der Waals surface area contributed by atoms with Crippen LogP contribution in [0.3, 0.4) is 0 Å². The molecule has 1 aliphatic rings. The molecule has 0 heterocycles. The van der Waals surface area contributed by atoms with Crippen LogP contribution in [-0.4, -0.2) is 25.5 Å². The second-order valence-corrected chi connectivity index (χ2v) is 3.48. The van der Waals surface area contributed by atoms with Crippen LogP contribution in [0.1, 0.15) is 32.1 Å². The second kappa shape index (κ2) is 6.86. The van der Waals surface area contributed by atoms with Gasteiger partial charge in [0.15, 0.2) is 0 Å². The van der Waals surface area contributed by atoms with Gasteiger partial charge in [-0.2, -0.15) is 0 Å². The molecule has 0 atom stereocenters. The number of nitrogens with one attached hydrogen (secondary N) is 3. The van der Waals surface area contributed by atoms with Gasteiger partial charge in [0, 0.05) is 19.1 Å². The first-order valence-electron chi connectivity index (χ1n) is 5.09. The minimum atomic E-state index is 0.630. The Kier molecular flexibility index (Phi) is 5.52. The molecular formula is C9H19N3O. The molecule has 4 nitrogen and oxygen atoms in total. The van der Waals surface area contributed by atoms with Gasteiger partial charge in [-0.3, -0.25) is 15.6 Å². The Labute approximate surface area is 79.4 Å². The van der Waals surface area contributed by atoms with Crippen LogP contribution >= 0.6 is 0 Å². The van der Waals surface area contributed by atoms with Crippen molar-refractivity contribution in [1.29, 1.82) is 0 Å². The maximum absolute atomic E-state index is 9.91. The van der Waals surface area contributed by atoms with E-state index in [9.17, 15) is 4.79 Å². The minimum absolute atomic E-state index is 0.630. The summed E-state index contributed by atoms with van der Waals surface area (Å²) in [5.74, 6) is 0. The van der Waals surface area contributed by atoms with Crippen LogP contribution in [0.15, 0.2) is 0 Å². The van der Waals surface area contributed by atoms with Crippen molar-refractivity contribution in [2.24, 2.45) is 0 Å². The molecule has 0 saturated heterocycles. The predicted molar refractivity (Wildman–Crippen MR) is 52.1 cm³/mol. The van der Waals surface area contributed by atoms with Gasteiger partial charge in [0.2, 0.25) is 6.41 Å². The van der Waals surface area contributed by atoms with E-state index in [4.69, 9.17) is 0 Å². The predicted octanol–water partition coefficient (Wildman–Crippen LogP) is 0.159. The molecule has 0 bridgehead atoms. The van der Waals surface area contributed by atoms with Crippen molar-refractivity contribution >= 4 is 6.41 Å². The van der Waals surface area contributed by atoms with Crippen LogP contribution in [-0.2, 0) is 4.79 Å². The summed E-state index contributed by atoms with van der Waals surface area (Å²) >= 11 is 0. The Morgan fingerprint density at radius 2 is 1.92 bits per heavy atom. The zero-order valence-corrected chi connectivity index (χ0v) is 8.01. The molecule has 3 N–H and O–H groups in total. The topological polar surface area (TPSA) is 53.2 Å². The van der Waals surface area contributed by atoms with Crippen molar-refractivity contribution in [2.45, 2.75) is 38.1 Å². The molecule has 1 amide bonds. The van der Waals surface area contributed by atoms with Crippen LogP contribution in [0.4, 0.5) is 0 Å². The number of hydrazine groups is 1. The lowest BCUT2D eigenvalue weighted by atomic mass is 9.96. The van der Waals surface area contributed by atoms with Gasteiger partial charge in [-0.15, -0.1) is 0 Å². The van der Waals surface area contributed by atoms with E-state index in [1.807, 2.05) is 0 Å². The third-order valence-electron chi connectivity index (χ3n) is 2.39. The molecule has 0 radical (unpaired) electrons. The van der Waals surface area contributed by atoms with Gasteiger partial charge in [-0.05, 0) is 12.8 Å². The largest absolute Gasteiger partial charge is 0.357 e. The lowest BCUT2D eigenvalue weighted by molar-refractivity contribution is -0.109. The highest BCUT2D eigenvalue weighted by atomic mass is 16.1. The fraction of sp³-hybridized carbons (Fsp3) is 0.889. The van der Waals surface area contributed by atoms with Crippen molar-refractivity contribution < 1.29 is 4.79 Å². The maximum Gasteiger partial charge on any atom is 0.207 e. The number of amides is 1. The smallest absolute Gasteiger partial charge is 0.207 e. The monoisotopic (exact) mass is 185 g/mol. The van der Waals surface area contributed by atoms with E-state index in [0.29, 0.717) is 12.6 Å². The number of rotatable bonds is 6. The summed E-state index contributed by atoms with van der Waals surface area (Å²) < 4.78 is 0. The van der Waals surface area contributed by atoms with E-state index < -0.39 is 0 Å². The first-order valence-corrected chi connectivity index (χ1v) is 5.09. The Hall–Kier alpha value is -0.610. The molecule has 1 fully saturated rings. The van der Waals surface area contributed by atoms with Crippen LogP contribution in [0, 0.1) is 0 Å². The lowest BCUT2D eigenvalue weighted by Crippen LogP contribution is -2.44. The molecule has 0 aromatic heterocycles. The number of carbonyl (C=O) groups is 1. The Bertz CT molecular complexity index is 135. The molecule has 76 valence electrons. The van der Waals surface area contributed by atoms with Gasteiger partial charge in [0.1, 0.15) is 0 Å². The summed E-state index contributed by atoms with van der Waals surface area (Å²) in [6.45, 7) is 1.47.